The standard InChI is InChI=1S/C11H7FN4OS2/c12-8-3-1-7(2-4-8)9(17)5-18-11-15-16-6-13-14-10(16)19-11/h1-4,6H,5H2. The molecule has 0 fully saturated rings. The second-order valence-corrected chi connectivity index (χ2v) is 5.82. The molecule has 0 aliphatic heterocycles. The molecule has 0 atom stereocenters. The number of hydrogen-bond acceptors (Lipinski definition) is 6. The van der Waals surface area contributed by atoms with Crippen LogP contribution in [0, 0.1) is 5.82 Å². The van der Waals surface area contributed by atoms with Crippen LogP contribution in [0.4, 0.5) is 4.39 Å². The van der Waals surface area contributed by atoms with Crippen molar-refractivity contribution in [3.63, 3.8) is 0 Å². The summed E-state index contributed by atoms with van der Waals surface area (Å²) in [5.74, 6) is -0.149. The first-order valence-corrected chi connectivity index (χ1v) is 7.11. The largest absolute Gasteiger partial charge is 0.293 e. The first kappa shape index (κ1) is 12.2. The fraction of sp³-hybridized carbons (Fsp3) is 0.0909. The molecule has 19 heavy (non-hydrogen) atoms. The zero-order chi connectivity index (χ0) is 13.2. The summed E-state index contributed by atoms with van der Waals surface area (Å²) in [5.41, 5.74) is 0.497. The molecule has 5 nitrogen and oxygen atoms in total. The molecule has 0 saturated heterocycles. The van der Waals surface area contributed by atoms with Crippen molar-refractivity contribution in [3.05, 3.63) is 42.0 Å². The second-order valence-electron chi connectivity index (χ2n) is 3.64. The van der Waals surface area contributed by atoms with Gasteiger partial charge in [0.2, 0.25) is 4.96 Å². The molecule has 0 bridgehead atoms. The fourth-order valence-electron chi connectivity index (χ4n) is 1.45. The summed E-state index contributed by atoms with van der Waals surface area (Å²) >= 11 is 2.71. The molecule has 0 unspecified atom stereocenters. The van der Waals surface area contributed by atoms with Gasteiger partial charge in [-0.15, -0.1) is 15.3 Å². The second kappa shape index (κ2) is 5.06. The molecule has 0 aliphatic carbocycles. The molecule has 0 amide bonds. The smallest absolute Gasteiger partial charge is 0.235 e. The van der Waals surface area contributed by atoms with E-state index in [1.54, 1.807) is 4.52 Å². The molecular weight excluding hydrogens is 287 g/mol. The summed E-state index contributed by atoms with van der Waals surface area (Å²) in [6.45, 7) is 0. The highest BCUT2D eigenvalue weighted by Crippen LogP contribution is 2.24. The highest BCUT2D eigenvalue weighted by atomic mass is 32.2. The van der Waals surface area contributed by atoms with Gasteiger partial charge in [0.05, 0.1) is 5.75 Å². The average Bonchev–Trinajstić information content (AvgIpc) is 2.97. The van der Waals surface area contributed by atoms with Crippen LogP contribution in [-0.2, 0) is 0 Å². The van der Waals surface area contributed by atoms with Crippen LogP contribution in [0.5, 0.6) is 0 Å². The van der Waals surface area contributed by atoms with E-state index in [-0.39, 0.29) is 17.4 Å². The van der Waals surface area contributed by atoms with Gasteiger partial charge in [-0.3, -0.25) is 4.79 Å². The monoisotopic (exact) mass is 294 g/mol. The van der Waals surface area contributed by atoms with Crippen LogP contribution in [0.2, 0.25) is 0 Å². The van der Waals surface area contributed by atoms with Gasteiger partial charge in [0.1, 0.15) is 12.1 Å². The number of fused-ring (bicyclic) bond motifs is 1. The maximum atomic E-state index is 12.7. The third kappa shape index (κ3) is 2.64. The summed E-state index contributed by atoms with van der Waals surface area (Å²) < 4.78 is 15.1. The Morgan fingerprint density at radius 2 is 2.16 bits per heavy atom. The normalized spacial score (nSPS) is 11.0. The Morgan fingerprint density at radius 3 is 2.89 bits per heavy atom. The molecule has 8 heteroatoms. The van der Waals surface area contributed by atoms with Crippen molar-refractivity contribution in [2.75, 3.05) is 5.75 Å². The number of aromatic nitrogens is 4. The number of carbonyl (C=O) groups is 1. The molecular formula is C11H7FN4OS2. The zero-order valence-electron chi connectivity index (χ0n) is 9.49. The van der Waals surface area contributed by atoms with Crippen molar-refractivity contribution < 1.29 is 9.18 Å². The summed E-state index contributed by atoms with van der Waals surface area (Å²) in [5, 5.41) is 11.8. The van der Waals surface area contributed by atoms with E-state index < -0.39 is 0 Å². The van der Waals surface area contributed by atoms with Crippen LogP contribution in [0.15, 0.2) is 34.9 Å². The topological polar surface area (TPSA) is 60.2 Å². The van der Waals surface area contributed by atoms with E-state index in [0.717, 1.165) is 4.34 Å². The van der Waals surface area contributed by atoms with Gasteiger partial charge in [0, 0.05) is 5.56 Å². The van der Waals surface area contributed by atoms with Crippen LogP contribution in [-0.4, -0.2) is 31.3 Å². The van der Waals surface area contributed by atoms with Gasteiger partial charge in [-0.25, -0.2) is 4.39 Å². The van der Waals surface area contributed by atoms with E-state index >= 15 is 0 Å². The molecule has 1 aromatic carbocycles. The van der Waals surface area contributed by atoms with Crippen LogP contribution in [0.1, 0.15) is 10.4 Å². The van der Waals surface area contributed by atoms with Crippen LogP contribution in [0.3, 0.4) is 0 Å². The third-order valence-corrected chi connectivity index (χ3v) is 4.41. The summed E-state index contributed by atoms with van der Waals surface area (Å²) in [6, 6.07) is 5.52. The van der Waals surface area contributed by atoms with E-state index in [4.69, 9.17) is 0 Å². The van der Waals surface area contributed by atoms with Gasteiger partial charge in [0.15, 0.2) is 10.1 Å². The molecule has 0 radical (unpaired) electrons. The van der Waals surface area contributed by atoms with Gasteiger partial charge in [-0.1, -0.05) is 23.1 Å². The minimum absolute atomic E-state index is 0.0593. The molecule has 96 valence electrons. The van der Waals surface area contributed by atoms with Crippen LogP contribution < -0.4 is 0 Å². The Kier molecular flexibility index (Phi) is 3.26. The zero-order valence-corrected chi connectivity index (χ0v) is 11.1. The fourth-order valence-corrected chi connectivity index (χ4v) is 3.20. The van der Waals surface area contributed by atoms with E-state index in [0.29, 0.717) is 10.5 Å². The van der Waals surface area contributed by atoms with Crippen LogP contribution >= 0.6 is 23.1 Å². The lowest BCUT2D eigenvalue weighted by Gasteiger charge is -1.98. The summed E-state index contributed by atoms with van der Waals surface area (Å²) in [7, 11) is 0. The lowest BCUT2D eigenvalue weighted by molar-refractivity contribution is 0.102. The minimum atomic E-state index is -0.349. The SMILES string of the molecule is O=C(CSc1nn2cnnc2s1)c1ccc(F)cc1. The number of carbonyl (C=O) groups excluding carboxylic acids is 1. The highest BCUT2D eigenvalue weighted by Gasteiger charge is 2.10. The predicted molar refractivity (Wildman–Crippen MR) is 70.1 cm³/mol. The number of nitrogens with zero attached hydrogens (tertiary/aromatic N) is 4. The number of hydrogen-bond donors (Lipinski definition) is 0. The Morgan fingerprint density at radius 1 is 1.37 bits per heavy atom. The van der Waals surface area contributed by atoms with Gasteiger partial charge in [-0.2, -0.15) is 4.52 Å². The maximum absolute atomic E-state index is 12.7. The third-order valence-electron chi connectivity index (χ3n) is 2.36. The van der Waals surface area contributed by atoms with E-state index in [2.05, 4.69) is 15.3 Å². The predicted octanol–water partition coefficient (Wildman–Crippen LogP) is 2.30. The highest BCUT2D eigenvalue weighted by molar-refractivity contribution is 8.01. The Labute approximate surface area is 115 Å². The number of Topliss-reactive ketones (excluding diaryl/α,β-unsaturated/α-hetero) is 1. The Balaban J connectivity index is 1.67. The number of rotatable bonds is 4. The molecule has 2 heterocycles. The van der Waals surface area contributed by atoms with Crippen molar-refractivity contribution in [2.45, 2.75) is 4.34 Å². The average molecular weight is 294 g/mol. The molecule has 0 spiro atoms. The first-order valence-electron chi connectivity index (χ1n) is 5.31. The Hall–Kier alpha value is -1.80. The minimum Gasteiger partial charge on any atom is -0.293 e. The summed E-state index contributed by atoms with van der Waals surface area (Å²) in [6.07, 6.45) is 1.51. The molecule has 3 rings (SSSR count). The number of ketones is 1. The van der Waals surface area contributed by atoms with Crippen molar-refractivity contribution >= 4 is 33.8 Å². The number of benzene rings is 1. The van der Waals surface area contributed by atoms with Gasteiger partial charge in [-0.05, 0) is 24.3 Å². The first-order chi connectivity index (χ1) is 9.22. The van der Waals surface area contributed by atoms with E-state index in [1.807, 2.05) is 0 Å². The Bertz CT molecular complexity index is 693. The molecule has 3 aromatic rings. The lowest BCUT2D eigenvalue weighted by Crippen LogP contribution is -2.02. The van der Waals surface area contributed by atoms with Gasteiger partial charge < -0.3 is 0 Å². The van der Waals surface area contributed by atoms with Gasteiger partial charge in [0.25, 0.3) is 0 Å². The van der Waals surface area contributed by atoms with E-state index in [1.165, 1.54) is 53.7 Å². The van der Waals surface area contributed by atoms with Crippen molar-refractivity contribution in [1.29, 1.82) is 0 Å². The molecule has 0 N–H and O–H groups in total. The van der Waals surface area contributed by atoms with Crippen molar-refractivity contribution in [1.82, 2.24) is 19.8 Å². The van der Waals surface area contributed by atoms with Crippen LogP contribution in [0.25, 0.3) is 4.96 Å². The van der Waals surface area contributed by atoms with E-state index in [9.17, 15) is 9.18 Å². The maximum Gasteiger partial charge on any atom is 0.235 e. The van der Waals surface area contributed by atoms with Crippen molar-refractivity contribution in [2.24, 2.45) is 0 Å². The van der Waals surface area contributed by atoms with Gasteiger partial charge >= 0.3 is 0 Å². The molecule has 2 aromatic heterocycles. The molecule has 0 aliphatic rings. The van der Waals surface area contributed by atoms with Crippen molar-refractivity contribution in [3.8, 4) is 0 Å². The number of halogens is 1. The summed E-state index contributed by atoms with van der Waals surface area (Å²) in [4.78, 5) is 12.6. The number of thioether (sulfide) groups is 1. The lowest BCUT2D eigenvalue weighted by atomic mass is 10.1. The molecule has 0 saturated carbocycles. The quantitative estimate of drug-likeness (QED) is 0.546.